The summed E-state index contributed by atoms with van der Waals surface area (Å²) in [5.41, 5.74) is 8.32. The summed E-state index contributed by atoms with van der Waals surface area (Å²) in [6, 6.07) is 9.35. The maximum absolute atomic E-state index is 13.8. The lowest BCUT2D eigenvalue weighted by molar-refractivity contribution is -0.0935. The van der Waals surface area contributed by atoms with Gasteiger partial charge in [-0.05, 0) is 60.2 Å². The molecule has 0 radical (unpaired) electrons. The Bertz CT molecular complexity index is 1050. The lowest BCUT2D eigenvalue weighted by Crippen LogP contribution is -2.37. The van der Waals surface area contributed by atoms with Gasteiger partial charge in [-0.1, -0.05) is 30.4 Å². The molecule has 1 aliphatic carbocycles. The van der Waals surface area contributed by atoms with Gasteiger partial charge in [0, 0.05) is 12.1 Å². The van der Waals surface area contributed by atoms with E-state index in [0.29, 0.717) is 5.69 Å². The molecule has 0 saturated carbocycles. The van der Waals surface area contributed by atoms with Crippen molar-refractivity contribution in [3.05, 3.63) is 76.9 Å². The number of nitrogens with one attached hydrogen (secondary N) is 1. The van der Waals surface area contributed by atoms with Crippen molar-refractivity contribution in [1.29, 1.82) is 0 Å². The molecule has 1 aliphatic heterocycles. The first kappa shape index (κ1) is 19.5. The molecule has 0 atom stereocenters. The summed E-state index contributed by atoms with van der Waals surface area (Å²) in [6.45, 7) is 6.29. The second-order valence-corrected chi connectivity index (χ2v) is 7.37. The standard InChI is InChI=1S/C22H21BF3N3/c1-13-10-15-7-6-14(2)20(15)17(11-13)18-4-3-5-19(28-18)29-21(22(24,25)26)16(8-9-23)12-27-29/h3-5,8-11,27H,2,6-7,12,23H2,1H3/b9-8-. The SMILES string of the molecule is B/C=C\C1=C(C(F)(F)F)N(c2cccc(-c3cc(C)cc4c3C(=C)CC4)n2)NC1. The predicted molar refractivity (Wildman–Crippen MR) is 113 cm³/mol. The van der Waals surface area contributed by atoms with Gasteiger partial charge in [-0.2, -0.15) is 13.2 Å². The van der Waals surface area contributed by atoms with Crippen molar-refractivity contribution in [3.8, 4) is 11.3 Å². The van der Waals surface area contributed by atoms with Crippen molar-refractivity contribution >= 4 is 19.2 Å². The number of alkyl halides is 3. The second kappa shape index (κ2) is 7.23. The number of pyridine rings is 1. The Kier molecular flexibility index (Phi) is 4.86. The molecular weight excluding hydrogens is 374 g/mol. The molecule has 0 fully saturated rings. The summed E-state index contributed by atoms with van der Waals surface area (Å²) in [5.74, 6) is 1.82. The first-order valence-corrected chi connectivity index (χ1v) is 9.55. The highest BCUT2D eigenvalue weighted by Crippen LogP contribution is 2.40. The van der Waals surface area contributed by atoms with E-state index in [1.165, 1.54) is 11.6 Å². The van der Waals surface area contributed by atoms with Crippen molar-refractivity contribution in [2.75, 3.05) is 11.6 Å². The van der Waals surface area contributed by atoms with Crippen LogP contribution in [0.4, 0.5) is 19.0 Å². The molecule has 0 saturated heterocycles. The molecule has 0 amide bonds. The van der Waals surface area contributed by atoms with Crippen LogP contribution in [-0.4, -0.2) is 25.6 Å². The van der Waals surface area contributed by atoms with E-state index in [9.17, 15) is 13.2 Å². The Morgan fingerprint density at radius 3 is 2.76 bits per heavy atom. The van der Waals surface area contributed by atoms with Gasteiger partial charge < -0.3 is 0 Å². The van der Waals surface area contributed by atoms with E-state index in [0.717, 1.165) is 40.1 Å². The molecule has 1 aromatic carbocycles. The van der Waals surface area contributed by atoms with Crippen molar-refractivity contribution < 1.29 is 13.2 Å². The van der Waals surface area contributed by atoms with Gasteiger partial charge >= 0.3 is 6.18 Å². The highest BCUT2D eigenvalue weighted by molar-refractivity contribution is 6.17. The van der Waals surface area contributed by atoms with Crippen LogP contribution in [0.5, 0.6) is 0 Å². The first-order chi connectivity index (χ1) is 13.8. The number of aryl methyl sites for hydroxylation is 2. The number of fused-ring (bicyclic) bond motifs is 1. The van der Waals surface area contributed by atoms with E-state index in [-0.39, 0.29) is 17.9 Å². The summed E-state index contributed by atoms with van der Waals surface area (Å²) >= 11 is 0. The number of allylic oxidation sites excluding steroid dienone is 2. The van der Waals surface area contributed by atoms with Gasteiger partial charge in [0.05, 0.1) is 5.69 Å². The van der Waals surface area contributed by atoms with E-state index < -0.39 is 11.9 Å². The number of hydrogen-bond donors (Lipinski definition) is 1. The van der Waals surface area contributed by atoms with Gasteiger partial charge in [-0.3, -0.25) is 5.01 Å². The lowest BCUT2D eigenvalue weighted by Gasteiger charge is -2.23. The van der Waals surface area contributed by atoms with Crippen LogP contribution in [0.15, 0.2) is 60.2 Å². The van der Waals surface area contributed by atoms with E-state index in [2.05, 4.69) is 23.1 Å². The van der Waals surface area contributed by atoms with Crippen LogP contribution < -0.4 is 10.4 Å². The third-order valence-corrected chi connectivity index (χ3v) is 5.25. The average Bonchev–Trinajstić information content (AvgIpc) is 3.25. The molecule has 2 aliphatic rings. The van der Waals surface area contributed by atoms with Crippen LogP contribution in [0.3, 0.4) is 0 Å². The minimum Gasteiger partial charge on any atom is -0.254 e. The molecule has 7 heteroatoms. The highest BCUT2D eigenvalue weighted by Gasteiger charge is 2.43. The number of rotatable bonds is 3. The van der Waals surface area contributed by atoms with Gasteiger partial charge in [0.15, 0.2) is 0 Å². The first-order valence-electron chi connectivity index (χ1n) is 9.55. The maximum atomic E-state index is 13.8. The van der Waals surface area contributed by atoms with Gasteiger partial charge in [0.2, 0.25) is 0 Å². The third-order valence-electron chi connectivity index (χ3n) is 5.25. The maximum Gasteiger partial charge on any atom is 0.433 e. The fourth-order valence-electron chi connectivity index (χ4n) is 4.10. The molecule has 0 bridgehead atoms. The monoisotopic (exact) mass is 395 g/mol. The number of nitrogens with zero attached hydrogens (tertiary/aromatic N) is 2. The number of aromatic nitrogens is 1. The fraction of sp³-hybridized carbons (Fsp3) is 0.227. The molecule has 3 nitrogen and oxygen atoms in total. The highest BCUT2D eigenvalue weighted by atomic mass is 19.4. The molecule has 29 heavy (non-hydrogen) atoms. The van der Waals surface area contributed by atoms with Crippen LogP contribution in [0.2, 0.25) is 0 Å². The van der Waals surface area contributed by atoms with Crippen LogP contribution in [0, 0.1) is 6.92 Å². The van der Waals surface area contributed by atoms with Crippen molar-refractivity contribution in [2.24, 2.45) is 0 Å². The number of anilines is 1. The van der Waals surface area contributed by atoms with E-state index in [1.807, 2.05) is 19.1 Å². The minimum atomic E-state index is -4.49. The zero-order valence-corrected chi connectivity index (χ0v) is 16.4. The summed E-state index contributed by atoms with van der Waals surface area (Å²) in [4.78, 5) is 4.60. The molecular formula is C22H21BF3N3. The number of halogens is 3. The average molecular weight is 395 g/mol. The van der Waals surface area contributed by atoms with Crippen molar-refractivity contribution in [2.45, 2.75) is 25.9 Å². The van der Waals surface area contributed by atoms with Crippen molar-refractivity contribution in [3.63, 3.8) is 0 Å². The zero-order chi connectivity index (χ0) is 20.8. The molecule has 2 heterocycles. The van der Waals surface area contributed by atoms with Crippen LogP contribution >= 0.6 is 0 Å². The van der Waals surface area contributed by atoms with Crippen LogP contribution in [-0.2, 0) is 6.42 Å². The van der Waals surface area contributed by atoms with Gasteiger partial charge in [0.1, 0.15) is 19.4 Å². The zero-order valence-electron chi connectivity index (χ0n) is 16.4. The lowest BCUT2D eigenvalue weighted by atomic mass is 9.96. The fourth-order valence-corrected chi connectivity index (χ4v) is 4.10. The smallest absolute Gasteiger partial charge is 0.254 e. The summed E-state index contributed by atoms with van der Waals surface area (Å²) in [5, 5.41) is 1.05. The predicted octanol–water partition coefficient (Wildman–Crippen LogP) is 4.30. The summed E-state index contributed by atoms with van der Waals surface area (Å²) in [7, 11) is 1.70. The Hall–Kier alpha value is -2.80. The van der Waals surface area contributed by atoms with Crippen molar-refractivity contribution in [1.82, 2.24) is 10.4 Å². The molecule has 148 valence electrons. The Morgan fingerprint density at radius 2 is 2.03 bits per heavy atom. The van der Waals surface area contributed by atoms with Crippen LogP contribution in [0.1, 0.15) is 23.1 Å². The second-order valence-electron chi connectivity index (χ2n) is 7.37. The number of hydrazine groups is 1. The largest absolute Gasteiger partial charge is 0.433 e. The minimum absolute atomic E-state index is 0.0989. The van der Waals surface area contributed by atoms with E-state index in [4.69, 9.17) is 0 Å². The topological polar surface area (TPSA) is 28.2 Å². The quantitative estimate of drug-likeness (QED) is 0.786. The van der Waals surface area contributed by atoms with E-state index >= 15 is 0 Å². The molecule has 4 rings (SSSR count). The molecule has 1 aromatic heterocycles. The molecule has 0 unspecified atom stereocenters. The Labute approximate surface area is 169 Å². The Balaban J connectivity index is 1.82. The molecule has 2 aromatic rings. The summed E-state index contributed by atoms with van der Waals surface area (Å²) < 4.78 is 41.3. The summed E-state index contributed by atoms with van der Waals surface area (Å²) in [6.07, 6.45) is -1.18. The van der Waals surface area contributed by atoms with Gasteiger partial charge in [-0.15, -0.1) is 5.98 Å². The van der Waals surface area contributed by atoms with Gasteiger partial charge in [-0.25, -0.2) is 10.4 Å². The van der Waals surface area contributed by atoms with E-state index in [1.54, 1.807) is 26.0 Å². The number of hydrogen-bond acceptors (Lipinski definition) is 3. The molecule has 0 spiro atoms. The molecule has 1 N–H and O–H groups in total. The Morgan fingerprint density at radius 1 is 1.24 bits per heavy atom. The van der Waals surface area contributed by atoms with Gasteiger partial charge in [0.25, 0.3) is 0 Å². The van der Waals surface area contributed by atoms with Crippen LogP contribution in [0.25, 0.3) is 16.8 Å². The normalized spacial score (nSPS) is 17.0. The number of benzene rings is 1. The third kappa shape index (κ3) is 3.51.